The highest BCUT2D eigenvalue weighted by atomic mass is 16.3. The minimum absolute atomic E-state index is 0.00942. The van der Waals surface area contributed by atoms with Crippen molar-refractivity contribution in [1.29, 1.82) is 0 Å². The molecule has 3 rings (SSSR count). The number of hydrogen-bond acceptors (Lipinski definition) is 3. The van der Waals surface area contributed by atoms with Crippen molar-refractivity contribution < 1.29 is 10.2 Å². The summed E-state index contributed by atoms with van der Waals surface area (Å²) in [6.07, 6.45) is 1.48. The molecular formula is C17H21NO2. The van der Waals surface area contributed by atoms with Crippen LogP contribution in [0, 0.1) is 18.8 Å². The van der Waals surface area contributed by atoms with Crippen LogP contribution in [0.3, 0.4) is 0 Å². The number of aliphatic hydroxyl groups excluding tert-OH is 2. The van der Waals surface area contributed by atoms with Gasteiger partial charge in [0.05, 0.1) is 5.76 Å². The average Bonchev–Trinajstić information content (AvgIpc) is 2.57. The van der Waals surface area contributed by atoms with Crippen LogP contribution in [0.5, 0.6) is 0 Å². The first kappa shape index (κ1) is 13.1. The van der Waals surface area contributed by atoms with Gasteiger partial charge in [-0.25, -0.2) is 0 Å². The van der Waals surface area contributed by atoms with Crippen LogP contribution >= 0.6 is 0 Å². The fourth-order valence-electron chi connectivity index (χ4n) is 3.87. The van der Waals surface area contributed by atoms with E-state index in [1.54, 1.807) is 0 Å². The summed E-state index contributed by atoms with van der Waals surface area (Å²) in [5, 5.41) is 20.4. The van der Waals surface area contributed by atoms with Gasteiger partial charge in [0.15, 0.2) is 0 Å². The summed E-state index contributed by atoms with van der Waals surface area (Å²) in [5.41, 5.74) is 10.9. The average molecular weight is 271 g/mol. The molecule has 106 valence electrons. The van der Waals surface area contributed by atoms with Gasteiger partial charge in [-0.2, -0.15) is 0 Å². The number of anilines is 1. The molecule has 2 atom stereocenters. The molecular weight excluding hydrogens is 250 g/mol. The zero-order chi connectivity index (χ0) is 14.8. The van der Waals surface area contributed by atoms with Gasteiger partial charge >= 0.3 is 0 Å². The van der Waals surface area contributed by atoms with E-state index in [1.807, 2.05) is 19.9 Å². The molecule has 2 unspecified atom stereocenters. The van der Waals surface area contributed by atoms with Crippen molar-refractivity contribution in [3.8, 4) is 0 Å². The fourth-order valence-corrected chi connectivity index (χ4v) is 3.87. The molecule has 0 saturated carbocycles. The van der Waals surface area contributed by atoms with Gasteiger partial charge < -0.3 is 15.9 Å². The molecule has 0 saturated heterocycles. The van der Waals surface area contributed by atoms with Gasteiger partial charge in [-0.3, -0.25) is 0 Å². The van der Waals surface area contributed by atoms with Crippen molar-refractivity contribution in [3.05, 3.63) is 46.4 Å². The number of rotatable bonds is 0. The summed E-state index contributed by atoms with van der Waals surface area (Å²) in [5.74, 6) is 0.497. The molecule has 0 bridgehead atoms. The first-order valence-corrected chi connectivity index (χ1v) is 6.99. The third kappa shape index (κ3) is 1.46. The maximum Gasteiger partial charge on any atom is 0.123 e. The second kappa shape index (κ2) is 3.81. The van der Waals surface area contributed by atoms with E-state index < -0.39 is 0 Å². The summed E-state index contributed by atoms with van der Waals surface area (Å²) >= 11 is 0. The first-order valence-electron chi connectivity index (χ1n) is 6.99. The second-order valence-corrected chi connectivity index (χ2v) is 6.61. The summed E-state index contributed by atoms with van der Waals surface area (Å²) in [4.78, 5) is 0. The molecule has 0 spiro atoms. The number of aryl methyl sites for hydroxylation is 1. The van der Waals surface area contributed by atoms with Crippen LogP contribution in [0.1, 0.15) is 37.5 Å². The number of fused-ring (bicyclic) bond motifs is 3. The molecule has 2 aliphatic rings. The van der Waals surface area contributed by atoms with E-state index in [0.717, 1.165) is 28.0 Å². The molecule has 0 heterocycles. The minimum atomic E-state index is -0.165. The second-order valence-electron chi connectivity index (χ2n) is 6.61. The van der Waals surface area contributed by atoms with Crippen LogP contribution in [-0.4, -0.2) is 10.2 Å². The number of aliphatic hydroxyl groups is 2. The van der Waals surface area contributed by atoms with Crippen LogP contribution in [0.2, 0.25) is 0 Å². The standard InChI is InChI=1S/C17H21NO2/c1-8-5-10-11(6-12(8)18)17(3,4)16-9(2)13(19)7-14(20)15(10)16/h5-7,9,16,19-20H,18H2,1-4H3. The highest BCUT2D eigenvalue weighted by Crippen LogP contribution is 2.57. The Bertz CT molecular complexity index is 668. The highest BCUT2D eigenvalue weighted by Gasteiger charge is 2.49. The number of allylic oxidation sites excluding steroid dienone is 3. The van der Waals surface area contributed by atoms with Crippen molar-refractivity contribution >= 4 is 11.3 Å². The van der Waals surface area contributed by atoms with Crippen molar-refractivity contribution in [2.45, 2.75) is 33.1 Å². The van der Waals surface area contributed by atoms with Gasteiger partial charge in [0.2, 0.25) is 0 Å². The summed E-state index contributed by atoms with van der Waals surface area (Å²) in [7, 11) is 0. The van der Waals surface area contributed by atoms with E-state index in [1.165, 1.54) is 6.08 Å². The third-order valence-electron chi connectivity index (χ3n) is 5.01. The normalized spacial score (nSPS) is 27.1. The van der Waals surface area contributed by atoms with Gasteiger partial charge in [-0.15, -0.1) is 0 Å². The van der Waals surface area contributed by atoms with Crippen LogP contribution in [0.25, 0.3) is 5.57 Å². The smallest absolute Gasteiger partial charge is 0.123 e. The minimum Gasteiger partial charge on any atom is -0.512 e. The number of nitrogen functional groups attached to an aromatic ring is 1. The lowest BCUT2D eigenvalue weighted by molar-refractivity contribution is 0.241. The SMILES string of the molecule is Cc1cc2c(cc1N)C(C)(C)C1C2=C(O)C=C(O)C1C. The lowest BCUT2D eigenvalue weighted by Gasteiger charge is -2.35. The molecule has 0 aliphatic heterocycles. The van der Waals surface area contributed by atoms with E-state index in [4.69, 9.17) is 5.73 Å². The first-order chi connectivity index (χ1) is 9.25. The molecule has 4 N–H and O–H groups in total. The van der Waals surface area contributed by atoms with Crippen LogP contribution in [-0.2, 0) is 5.41 Å². The predicted octanol–water partition coefficient (Wildman–Crippen LogP) is 3.85. The molecule has 0 aromatic heterocycles. The maximum atomic E-state index is 10.3. The molecule has 0 amide bonds. The maximum absolute atomic E-state index is 10.3. The number of hydrogen-bond donors (Lipinski definition) is 3. The fraction of sp³-hybridized carbons (Fsp3) is 0.412. The summed E-state index contributed by atoms with van der Waals surface area (Å²) in [6.45, 7) is 8.29. The molecule has 1 aromatic rings. The van der Waals surface area contributed by atoms with Gasteiger partial charge in [-0.05, 0) is 41.2 Å². The third-order valence-corrected chi connectivity index (χ3v) is 5.01. The van der Waals surface area contributed by atoms with E-state index in [9.17, 15) is 10.2 Å². The Hall–Kier alpha value is -1.90. The topological polar surface area (TPSA) is 66.5 Å². The Labute approximate surface area is 119 Å². The molecule has 0 radical (unpaired) electrons. The van der Waals surface area contributed by atoms with Crippen molar-refractivity contribution in [2.75, 3.05) is 5.73 Å². The summed E-state index contributed by atoms with van der Waals surface area (Å²) < 4.78 is 0. The largest absolute Gasteiger partial charge is 0.512 e. The predicted molar refractivity (Wildman–Crippen MR) is 81.5 cm³/mol. The van der Waals surface area contributed by atoms with Crippen molar-refractivity contribution in [3.63, 3.8) is 0 Å². The molecule has 0 fully saturated rings. The van der Waals surface area contributed by atoms with Crippen molar-refractivity contribution in [1.82, 2.24) is 0 Å². The van der Waals surface area contributed by atoms with E-state index in [0.29, 0.717) is 0 Å². The molecule has 3 heteroatoms. The van der Waals surface area contributed by atoms with Gasteiger partial charge in [0.25, 0.3) is 0 Å². The van der Waals surface area contributed by atoms with E-state index in [-0.39, 0.29) is 28.8 Å². The van der Waals surface area contributed by atoms with Crippen LogP contribution < -0.4 is 5.73 Å². The van der Waals surface area contributed by atoms with E-state index in [2.05, 4.69) is 19.9 Å². The quantitative estimate of drug-likeness (QED) is 0.628. The Balaban J connectivity index is 2.35. The Morgan fingerprint density at radius 2 is 1.85 bits per heavy atom. The van der Waals surface area contributed by atoms with Crippen LogP contribution in [0.15, 0.2) is 29.7 Å². The Kier molecular flexibility index (Phi) is 2.50. The van der Waals surface area contributed by atoms with Gasteiger partial charge in [-0.1, -0.05) is 20.8 Å². The lowest BCUT2D eigenvalue weighted by atomic mass is 9.69. The monoisotopic (exact) mass is 271 g/mol. The Morgan fingerprint density at radius 3 is 2.50 bits per heavy atom. The van der Waals surface area contributed by atoms with Crippen LogP contribution in [0.4, 0.5) is 5.69 Å². The van der Waals surface area contributed by atoms with Crippen molar-refractivity contribution in [2.24, 2.45) is 11.8 Å². The van der Waals surface area contributed by atoms with Gasteiger partial charge in [0.1, 0.15) is 5.76 Å². The Morgan fingerprint density at radius 1 is 1.20 bits per heavy atom. The molecule has 3 nitrogen and oxygen atoms in total. The number of nitrogens with two attached hydrogens (primary N) is 1. The van der Waals surface area contributed by atoms with E-state index >= 15 is 0 Å². The zero-order valence-corrected chi connectivity index (χ0v) is 12.4. The molecule has 20 heavy (non-hydrogen) atoms. The zero-order valence-electron chi connectivity index (χ0n) is 12.4. The number of benzene rings is 1. The lowest BCUT2D eigenvalue weighted by Crippen LogP contribution is -2.32. The molecule has 2 aliphatic carbocycles. The molecule has 1 aromatic carbocycles. The highest BCUT2D eigenvalue weighted by molar-refractivity contribution is 5.83. The van der Waals surface area contributed by atoms with Gasteiger partial charge in [0, 0.05) is 29.2 Å². The summed E-state index contributed by atoms with van der Waals surface area (Å²) in [6, 6.07) is 4.08.